The summed E-state index contributed by atoms with van der Waals surface area (Å²) >= 11 is 0. The third kappa shape index (κ3) is 6.49. The third-order valence-corrected chi connectivity index (χ3v) is 5.23. The number of nitrogens with two attached hydrogens (primary N) is 1. The van der Waals surface area contributed by atoms with Crippen molar-refractivity contribution in [2.24, 2.45) is 0 Å². The van der Waals surface area contributed by atoms with Gasteiger partial charge < -0.3 is 30.0 Å². The van der Waals surface area contributed by atoms with Gasteiger partial charge in [-0.25, -0.2) is 0 Å². The fraction of sp³-hybridized carbons (Fsp3) is 0.360. The highest BCUT2D eigenvalue weighted by Gasteiger charge is 2.19. The maximum Gasteiger partial charge on any atom is 0.318 e. The zero-order chi connectivity index (χ0) is 23.6. The van der Waals surface area contributed by atoms with E-state index in [4.69, 9.17) is 19.9 Å². The highest BCUT2D eigenvalue weighted by molar-refractivity contribution is 5.66. The van der Waals surface area contributed by atoms with E-state index in [0.717, 1.165) is 35.5 Å². The summed E-state index contributed by atoms with van der Waals surface area (Å²) in [6.45, 7) is 3.36. The van der Waals surface area contributed by atoms with E-state index in [0.29, 0.717) is 36.9 Å². The van der Waals surface area contributed by atoms with Gasteiger partial charge in [0.2, 0.25) is 0 Å². The number of aromatic nitrogens is 2. The van der Waals surface area contributed by atoms with Crippen molar-refractivity contribution >= 4 is 11.5 Å². The summed E-state index contributed by atoms with van der Waals surface area (Å²) in [5.41, 5.74) is 9.19. The molecule has 0 amide bonds. The summed E-state index contributed by atoms with van der Waals surface area (Å²) in [6, 6.07) is 15.9. The fourth-order valence-corrected chi connectivity index (χ4v) is 3.32. The van der Waals surface area contributed by atoms with E-state index in [1.54, 1.807) is 14.2 Å². The SMILES string of the molecule is CCCCOc1nc(CO)c(N)c(N(Cc2ccc(OC)cc2)Cc2ccc(OC)cc2)n1. The molecule has 8 nitrogen and oxygen atoms in total. The Morgan fingerprint density at radius 3 is 1.88 bits per heavy atom. The number of benzene rings is 2. The van der Waals surface area contributed by atoms with Crippen LogP contribution in [0.25, 0.3) is 0 Å². The van der Waals surface area contributed by atoms with Crippen LogP contribution in [0, 0.1) is 0 Å². The van der Waals surface area contributed by atoms with Gasteiger partial charge in [-0.2, -0.15) is 9.97 Å². The van der Waals surface area contributed by atoms with Crippen molar-refractivity contribution in [3.8, 4) is 17.5 Å². The summed E-state index contributed by atoms with van der Waals surface area (Å²) in [6.07, 6.45) is 1.88. The topological polar surface area (TPSA) is 103 Å². The van der Waals surface area contributed by atoms with E-state index in [1.165, 1.54) is 0 Å². The Hall–Kier alpha value is -3.52. The Labute approximate surface area is 195 Å². The molecule has 0 aliphatic carbocycles. The second-order valence-corrected chi connectivity index (χ2v) is 7.60. The Balaban J connectivity index is 1.97. The van der Waals surface area contributed by atoms with Crippen molar-refractivity contribution < 1.29 is 19.3 Å². The molecule has 8 heteroatoms. The van der Waals surface area contributed by atoms with Crippen LogP contribution in [-0.4, -0.2) is 35.9 Å². The van der Waals surface area contributed by atoms with Crippen molar-refractivity contribution in [1.29, 1.82) is 0 Å². The minimum atomic E-state index is -0.301. The van der Waals surface area contributed by atoms with Gasteiger partial charge >= 0.3 is 6.01 Å². The van der Waals surface area contributed by atoms with Gasteiger partial charge in [0.15, 0.2) is 5.82 Å². The van der Waals surface area contributed by atoms with Crippen LogP contribution in [0.5, 0.6) is 17.5 Å². The van der Waals surface area contributed by atoms with E-state index < -0.39 is 0 Å². The third-order valence-electron chi connectivity index (χ3n) is 5.23. The molecule has 1 aromatic heterocycles. The number of unbranched alkanes of at least 4 members (excludes halogenated alkanes) is 1. The quantitative estimate of drug-likeness (QED) is 0.398. The number of ether oxygens (including phenoxy) is 3. The van der Waals surface area contributed by atoms with Gasteiger partial charge in [0.05, 0.1) is 38.8 Å². The number of hydrogen-bond acceptors (Lipinski definition) is 8. The molecule has 3 rings (SSSR count). The van der Waals surface area contributed by atoms with Crippen LogP contribution in [0.3, 0.4) is 0 Å². The molecule has 0 radical (unpaired) electrons. The van der Waals surface area contributed by atoms with Crippen LogP contribution in [-0.2, 0) is 19.7 Å². The second kappa shape index (κ2) is 11.9. The Kier molecular flexibility index (Phi) is 8.71. The van der Waals surface area contributed by atoms with Crippen LogP contribution >= 0.6 is 0 Å². The number of nitrogen functional groups attached to an aromatic ring is 1. The van der Waals surface area contributed by atoms with Crippen molar-refractivity contribution in [2.45, 2.75) is 39.5 Å². The molecule has 0 saturated carbocycles. The largest absolute Gasteiger partial charge is 0.497 e. The first-order valence-electron chi connectivity index (χ1n) is 11.0. The van der Waals surface area contributed by atoms with Crippen LogP contribution in [0.2, 0.25) is 0 Å². The van der Waals surface area contributed by atoms with Crippen LogP contribution in [0.1, 0.15) is 36.6 Å². The molecule has 176 valence electrons. The first kappa shape index (κ1) is 24.1. The molecule has 0 aliphatic rings. The zero-order valence-corrected chi connectivity index (χ0v) is 19.5. The minimum absolute atomic E-state index is 0.214. The minimum Gasteiger partial charge on any atom is -0.497 e. The number of aliphatic hydroxyl groups is 1. The van der Waals surface area contributed by atoms with Crippen LogP contribution < -0.4 is 24.8 Å². The molecule has 0 saturated heterocycles. The molecular formula is C25H32N4O4. The van der Waals surface area contributed by atoms with Crippen molar-refractivity contribution in [1.82, 2.24) is 9.97 Å². The molecule has 0 unspecified atom stereocenters. The van der Waals surface area contributed by atoms with Crippen molar-refractivity contribution in [3.63, 3.8) is 0 Å². The van der Waals surface area contributed by atoms with E-state index in [9.17, 15) is 5.11 Å². The maximum atomic E-state index is 9.84. The second-order valence-electron chi connectivity index (χ2n) is 7.60. The Morgan fingerprint density at radius 1 is 0.879 bits per heavy atom. The van der Waals surface area contributed by atoms with Gasteiger partial charge in [0.25, 0.3) is 0 Å². The van der Waals surface area contributed by atoms with Crippen LogP contribution in [0.4, 0.5) is 11.5 Å². The van der Waals surface area contributed by atoms with E-state index >= 15 is 0 Å². The highest BCUT2D eigenvalue weighted by atomic mass is 16.5. The molecule has 0 bridgehead atoms. The number of hydrogen-bond donors (Lipinski definition) is 2. The van der Waals surface area contributed by atoms with E-state index in [1.807, 2.05) is 53.4 Å². The Bertz CT molecular complexity index is 961. The lowest BCUT2D eigenvalue weighted by Gasteiger charge is -2.26. The number of anilines is 2. The molecule has 3 N–H and O–H groups in total. The van der Waals surface area contributed by atoms with Crippen LogP contribution in [0.15, 0.2) is 48.5 Å². The molecule has 3 aromatic rings. The van der Waals surface area contributed by atoms with Crippen molar-refractivity contribution in [3.05, 3.63) is 65.4 Å². The predicted molar refractivity (Wildman–Crippen MR) is 129 cm³/mol. The number of rotatable bonds is 12. The molecular weight excluding hydrogens is 420 g/mol. The summed E-state index contributed by atoms with van der Waals surface area (Å²) in [4.78, 5) is 11.0. The predicted octanol–water partition coefficient (Wildman–Crippen LogP) is 3.95. The monoisotopic (exact) mass is 452 g/mol. The summed E-state index contributed by atoms with van der Waals surface area (Å²) < 4.78 is 16.3. The van der Waals surface area contributed by atoms with Gasteiger partial charge in [-0.3, -0.25) is 0 Å². The zero-order valence-electron chi connectivity index (χ0n) is 19.5. The standard InChI is InChI=1S/C25H32N4O4/c1-4-5-14-33-25-27-22(17-30)23(26)24(28-25)29(15-18-6-10-20(31-2)11-7-18)16-19-8-12-21(32-3)13-9-19/h6-13,30H,4-5,14-17,26H2,1-3H3. The molecule has 0 aliphatic heterocycles. The average molecular weight is 453 g/mol. The molecule has 2 aromatic carbocycles. The lowest BCUT2D eigenvalue weighted by molar-refractivity contribution is 0.263. The van der Waals surface area contributed by atoms with Gasteiger partial charge in [0.1, 0.15) is 11.5 Å². The number of nitrogens with zero attached hydrogens (tertiary/aromatic N) is 3. The maximum absolute atomic E-state index is 9.84. The lowest BCUT2D eigenvalue weighted by atomic mass is 10.1. The number of aliphatic hydroxyl groups excluding tert-OH is 1. The van der Waals surface area contributed by atoms with Crippen molar-refractivity contribution in [2.75, 3.05) is 31.5 Å². The highest BCUT2D eigenvalue weighted by Crippen LogP contribution is 2.30. The van der Waals surface area contributed by atoms with Gasteiger partial charge in [-0.15, -0.1) is 0 Å². The molecule has 1 heterocycles. The smallest absolute Gasteiger partial charge is 0.318 e. The van der Waals surface area contributed by atoms with Gasteiger partial charge in [-0.1, -0.05) is 37.6 Å². The van der Waals surface area contributed by atoms with E-state index in [2.05, 4.69) is 16.9 Å². The first-order chi connectivity index (χ1) is 16.1. The molecule has 0 atom stereocenters. The molecule has 0 spiro atoms. The van der Waals surface area contributed by atoms with Gasteiger partial charge in [-0.05, 0) is 41.8 Å². The normalized spacial score (nSPS) is 10.7. The summed E-state index contributed by atoms with van der Waals surface area (Å²) in [5.74, 6) is 2.10. The van der Waals surface area contributed by atoms with E-state index in [-0.39, 0.29) is 12.6 Å². The summed E-state index contributed by atoms with van der Waals surface area (Å²) in [5, 5.41) is 9.84. The number of methoxy groups -OCH3 is 2. The average Bonchev–Trinajstić information content (AvgIpc) is 2.85. The molecule has 0 fully saturated rings. The Morgan fingerprint density at radius 2 is 1.42 bits per heavy atom. The fourth-order valence-electron chi connectivity index (χ4n) is 3.32. The lowest BCUT2D eigenvalue weighted by Crippen LogP contribution is -2.25. The molecule has 33 heavy (non-hydrogen) atoms. The summed E-state index contributed by atoms with van der Waals surface area (Å²) in [7, 11) is 3.28. The first-order valence-corrected chi connectivity index (χ1v) is 11.0. The van der Waals surface area contributed by atoms with Gasteiger partial charge in [0, 0.05) is 13.1 Å².